The monoisotopic (exact) mass is 515 g/mol. The Hall–Kier alpha value is -2.86. The number of carbonyl (C=O) groups is 2. The van der Waals surface area contributed by atoms with Gasteiger partial charge in [0.25, 0.3) is 5.91 Å². The third-order valence-electron chi connectivity index (χ3n) is 4.92. The van der Waals surface area contributed by atoms with Gasteiger partial charge in [-0.2, -0.15) is 0 Å². The summed E-state index contributed by atoms with van der Waals surface area (Å²) in [5, 5.41) is 22.9. The number of ketones is 1. The predicted octanol–water partition coefficient (Wildman–Crippen LogP) is 5.88. The Morgan fingerprint density at radius 3 is 2.61 bits per heavy atom. The number of thioether (sulfide) groups is 1. The number of aromatic nitrogens is 2. The number of rotatable bonds is 7. The van der Waals surface area contributed by atoms with Crippen molar-refractivity contribution in [2.24, 2.45) is 0 Å². The average Bonchev–Trinajstić information content (AvgIpc) is 3.61. The lowest BCUT2D eigenvalue weighted by Crippen LogP contribution is -2.30. The molecule has 166 valence electrons. The minimum absolute atomic E-state index is 0.0284. The standard InChI is InChI=1S/C22H14FN3O3S4/c23-13-6-2-1-5-12(13)11-32-22-25-24-21(33-22)26-17(14-7-3-9-30-14)16(19(28)20(26)29)18(27)15-8-4-10-31-15/h1-10,17,28H,11H2. The topological polar surface area (TPSA) is 83.4 Å². The summed E-state index contributed by atoms with van der Waals surface area (Å²) in [5.41, 5.74) is 0.566. The second-order valence-electron chi connectivity index (χ2n) is 6.89. The maximum absolute atomic E-state index is 13.9. The molecule has 33 heavy (non-hydrogen) atoms. The molecule has 0 aliphatic carbocycles. The van der Waals surface area contributed by atoms with Gasteiger partial charge in [0, 0.05) is 10.6 Å². The maximum atomic E-state index is 13.9. The van der Waals surface area contributed by atoms with Crippen LogP contribution >= 0.6 is 45.8 Å². The van der Waals surface area contributed by atoms with E-state index in [1.807, 2.05) is 17.5 Å². The van der Waals surface area contributed by atoms with Crippen LogP contribution in [0.1, 0.15) is 26.2 Å². The molecule has 4 heterocycles. The Bertz CT molecular complexity index is 1350. The van der Waals surface area contributed by atoms with Crippen molar-refractivity contribution in [3.8, 4) is 0 Å². The van der Waals surface area contributed by atoms with Crippen LogP contribution in [0.4, 0.5) is 9.52 Å². The van der Waals surface area contributed by atoms with Crippen LogP contribution in [0.2, 0.25) is 0 Å². The first kappa shape index (κ1) is 22.0. The lowest BCUT2D eigenvalue weighted by atomic mass is 10.0. The zero-order chi connectivity index (χ0) is 22.9. The van der Waals surface area contributed by atoms with Gasteiger partial charge in [-0.1, -0.05) is 53.4 Å². The molecule has 1 aliphatic rings. The van der Waals surface area contributed by atoms with Gasteiger partial charge in [-0.15, -0.1) is 32.9 Å². The smallest absolute Gasteiger partial charge is 0.296 e. The zero-order valence-electron chi connectivity index (χ0n) is 16.7. The van der Waals surface area contributed by atoms with E-state index in [9.17, 15) is 19.1 Å². The zero-order valence-corrected chi connectivity index (χ0v) is 19.9. The van der Waals surface area contributed by atoms with Crippen molar-refractivity contribution < 1.29 is 19.1 Å². The number of aliphatic hydroxyl groups excluding tert-OH is 1. The Labute approximate surface area is 204 Å². The van der Waals surface area contributed by atoms with Crippen LogP contribution in [0.25, 0.3) is 0 Å². The number of benzene rings is 1. The van der Waals surface area contributed by atoms with Crippen molar-refractivity contribution in [1.29, 1.82) is 0 Å². The van der Waals surface area contributed by atoms with E-state index in [4.69, 9.17) is 0 Å². The summed E-state index contributed by atoms with van der Waals surface area (Å²) in [7, 11) is 0. The molecule has 1 amide bonds. The fourth-order valence-corrected chi connectivity index (χ4v) is 6.76. The summed E-state index contributed by atoms with van der Waals surface area (Å²) >= 11 is 5.08. The molecule has 0 saturated carbocycles. The van der Waals surface area contributed by atoms with E-state index in [1.165, 1.54) is 45.4 Å². The molecule has 6 nitrogen and oxygen atoms in total. The Kier molecular flexibility index (Phi) is 6.11. The van der Waals surface area contributed by atoms with Crippen LogP contribution in [0.5, 0.6) is 0 Å². The van der Waals surface area contributed by atoms with Gasteiger partial charge in [0.2, 0.25) is 10.9 Å². The number of anilines is 1. The molecule has 1 N–H and O–H groups in total. The molecule has 0 bridgehead atoms. The molecule has 1 aliphatic heterocycles. The van der Waals surface area contributed by atoms with Crippen molar-refractivity contribution in [1.82, 2.24) is 10.2 Å². The molecule has 3 aromatic heterocycles. The number of hydrogen-bond donors (Lipinski definition) is 1. The van der Waals surface area contributed by atoms with E-state index in [-0.39, 0.29) is 16.5 Å². The minimum Gasteiger partial charge on any atom is -0.503 e. The first-order valence-corrected chi connectivity index (χ1v) is 13.2. The van der Waals surface area contributed by atoms with Crippen LogP contribution in [0.3, 0.4) is 0 Å². The number of halogens is 1. The number of nitrogens with zero attached hydrogens (tertiary/aromatic N) is 3. The molecule has 1 aromatic carbocycles. The molecular weight excluding hydrogens is 502 g/mol. The van der Waals surface area contributed by atoms with E-state index in [0.29, 0.717) is 20.5 Å². The molecule has 1 atom stereocenters. The van der Waals surface area contributed by atoms with E-state index in [0.717, 1.165) is 16.2 Å². The first-order valence-electron chi connectivity index (χ1n) is 9.62. The SMILES string of the molecule is O=C(C1=C(O)C(=O)N(c2nnc(SCc3ccccc3F)s2)C1c1cccs1)c1cccs1. The van der Waals surface area contributed by atoms with Gasteiger partial charge < -0.3 is 5.11 Å². The summed E-state index contributed by atoms with van der Waals surface area (Å²) in [6.45, 7) is 0. The van der Waals surface area contributed by atoms with Crippen LogP contribution in [0, 0.1) is 5.82 Å². The lowest BCUT2D eigenvalue weighted by molar-refractivity contribution is -0.117. The number of amides is 1. The second-order valence-corrected chi connectivity index (χ2v) is 11.0. The molecule has 0 saturated heterocycles. The van der Waals surface area contributed by atoms with Crippen molar-refractivity contribution in [2.75, 3.05) is 4.90 Å². The van der Waals surface area contributed by atoms with Crippen molar-refractivity contribution in [3.05, 3.63) is 91.8 Å². The number of Topliss-reactive ketones (excluding diaryl/α,β-unsaturated/α-hetero) is 1. The molecule has 5 rings (SSSR count). The quantitative estimate of drug-likeness (QED) is 0.188. The third-order valence-corrected chi connectivity index (χ3v) is 8.82. The number of hydrogen-bond acceptors (Lipinski definition) is 9. The highest BCUT2D eigenvalue weighted by molar-refractivity contribution is 8.00. The highest BCUT2D eigenvalue weighted by atomic mass is 32.2. The van der Waals surface area contributed by atoms with Gasteiger partial charge in [0.15, 0.2) is 10.1 Å². The van der Waals surface area contributed by atoms with Gasteiger partial charge in [0.1, 0.15) is 11.9 Å². The average molecular weight is 516 g/mol. The molecule has 11 heteroatoms. The van der Waals surface area contributed by atoms with E-state index in [1.54, 1.807) is 35.7 Å². The second kappa shape index (κ2) is 9.18. The van der Waals surface area contributed by atoms with Gasteiger partial charge in [-0.25, -0.2) is 4.39 Å². The van der Waals surface area contributed by atoms with Crippen LogP contribution in [0.15, 0.2) is 75.0 Å². The summed E-state index contributed by atoms with van der Waals surface area (Å²) in [5.74, 6) is -1.61. The largest absolute Gasteiger partial charge is 0.503 e. The highest BCUT2D eigenvalue weighted by Gasteiger charge is 2.46. The third kappa shape index (κ3) is 4.12. The van der Waals surface area contributed by atoms with E-state index >= 15 is 0 Å². The number of aliphatic hydroxyl groups is 1. The number of carbonyl (C=O) groups excluding carboxylic acids is 2. The summed E-state index contributed by atoms with van der Waals surface area (Å²) in [6, 6.07) is 12.7. The van der Waals surface area contributed by atoms with Crippen LogP contribution < -0.4 is 4.90 Å². The molecule has 1 unspecified atom stereocenters. The fourth-order valence-electron chi connectivity index (χ4n) is 3.40. The van der Waals surface area contributed by atoms with Gasteiger partial charge >= 0.3 is 0 Å². The summed E-state index contributed by atoms with van der Waals surface area (Å²) < 4.78 is 14.5. The first-order chi connectivity index (χ1) is 16.0. The molecule has 0 radical (unpaired) electrons. The van der Waals surface area contributed by atoms with Crippen LogP contribution in [-0.4, -0.2) is 27.0 Å². The number of thiophene rings is 2. The lowest BCUT2D eigenvalue weighted by Gasteiger charge is -2.22. The van der Waals surface area contributed by atoms with E-state index < -0.39 is 23.5 Å². The Balaban J connectivity index is 1.46. The maximum Gasteiger partial charge on any atom is 0.296 e. The molecule has 0 fully saturated rings. The van der Waals surface area contributed by atoms with Crippen molar-refractivity contribution in [3.63, 3.8) is 0 Å². The predicted molar refractivity (Wildman–Crippen MR) is 129 cm³/mol. The Morgan fingerprint density at radius 1 is 1.09 bits per heavy atom. The minimum atomic E-state index is -0.801. The van der Waals surface area contributed by atoms with Gasteiger partial charge in [-0.3, -0.25) is 14.5 Å². The fraction of sp³-hybridized carbons (Fsp3) is 0.0909. The molecule has 0 spiro atoms. The Morgan fingerprint density at radius 2 is 1.88 bits per heavy atom. The normalized spacial score (nSPS) is 16.1. The summed E-state index contributed by atoms with van der Waals surface area (Å²) in [4.78, 5) is 28.7. The van der Waals surface area contributed by atoms with Crippen molar-refractivity contribution in [2.45, 2.75) is 16.1 Å². The van der Waals surface area contributed by atoms with Gasteiger partial charge in [0.05, 0.1) is 10.5 Å². The molecule has 4 aromatic rings. The van der Waals surface area contributed by atoms with E-state index in [2.05, 4.69) is 10.2 Å². The van der Waals surface area contributed by atoms with Crippen LogP contribution in [-0.2, 0) is 10.5 Å². The summed E-state index contributed by atoms with van der Waals surface area (Å²) in [6.07, 6.45) is 0. The van der Waals surface area contributed by atoms with Crippen molar-refractivity contribution >= 4 is 62.6 Å². The highest BCUT2D eigenvalue weighted by Crippen LogP contribution is 2.45. The van der Waals surface area contributed by atoms with Gasteiger partial charge in [-0.05, 0) is 34.5 Å². The molecular formula is C22H14FN3O3S4.